The zero-order valence-electron chi connectivity index (χ0n) is 10.1. The van der Waals surface area contributed by atoms with Gasteiger partial charge < -0.3 is 11.1 Å². The SMILES string of the molecule is Cn1cc(CNCc2cccc(C(N)=O)c2)nn1. The molecule has 0 radical (unpaired) electrons. The van der Waals surface area contributed by atoms with Crippen LogP contribution in [0.1, 0.15) is 21.6 Å². The van der Waals surface area contributed by atoms with Crippen LogP contribution in [-0.4, -0.2) is 20.9 Å². The highest BCUT2D eigenvalue weighted by Crippen LogP contribution is 2.04. The van der Waals surface area contributed by atoms with Gasteiger partial charge in [0.15, 0.2) is 0 Å². The fraction of sp³-hybridized carbons (Fsp3) is 0.250. The molecule has 3 N–H and O–H groups in total. The number of carbonyl (C=O) groups excluding carboxylic acids is 1. The van der Waals surface area contributed by atoms with E-state index in [1.165, 1.54) is 0 Å². The van der Waals surface area contributed by atoms with Gasteiger partial charge in [0.2, 0.25) is 5.91 Å². The van der Waals surface area contributed by atoms with E-state index < -0.39 is 5.91 Å². The second kappa shape index (κ2) is 5.42. The number of rotatable bonds is 5. The Labute approximate surface area is 105 Å². The third-order valence-electron chi connectivity index (χ3n) is 2.50. The van der Waals surface area contributed by atoms with Gasteiger partial charge in [0, 0.05) is 31.9 Å². The molecule has 0 atom stereocenters. The number of nitrogens with two attached hydrogens (primary N) is 1. The van der Waals surface area contributed by atoms with Gasteiger partial charge in [0.25, 0.3) is 0 Å². The van der Waals surface area contributed by atoms with E-state index in [0.717, 1.165) is 11.3 Å². The topological polar surface area (TPSA) is 85.8 Å². The van der Waals surface area contributed by atoms with E-state index in [9.17, 15) is 4.79 Å². The molecule has 0 saturated heterocycles. The summed E-state index contributed by atoms with van der Waals surface area (Å²) in [5.74, 6) is -0.411. The molecular weight excluding hydrogens is 230 g/mol. The van der Waals surface area contributed by atoms with Crippen molar-refractivity contribution in [2.45, 2.75) is 13.1 Å². The lowest BCUT2D eigenvalue weighted by atomic mass is 10.1. The van der Waals surface area contributed by atoms with Crippen LogP contribution in [0.25, 0.3) is 0 Å². The number of nitrogens with zero attached hydrogens (tertiary/aromatic N) is 3. The summed E-state index contributed by atoms with van der Waals surface area (Å²) in [6, 6.07) is 7.25. The molecule has 1 aromatic carbocycles. The molecular formula is C12H15N5O. The van der Waals surface area contributed by atoms with Crippen molar-refractivity contribution in [3.63, 3.8) is 0 Å². The maximum absolute atomic E-state index is 11.0. The van der Waals surface area contributed by atoms with Crippen molar-refractivity contribution in [3.8, 4) is 0 Å². The van der Waals surface area contributed by atoms with Gasteiger partial charge in [-0.25, -0.2) is 0 Å². The van der Waals surface area contributed by atoms with E-state index in [1.807, 2.05) is 25.4 Å². The normalized spacial score (nSPS) is 10.5. The minimum atomic E-state index is -0.411. The predicted octanol–water partition coefficient (Wildman–Crippen LogP) is 0.204. The van der Waals surface area contributed by atoms with Gasteiger partial charge in [-0.3, -0.25) is 9.48 Å². The fourth-order valence-corrected chi connectivity index (χ4v) is 1.65. The average Bonchev–Trinajstić information content (AvgIpc) is 2.75. The third kappa shape index (κ3) is 3.14. The standard InChI is InChI=1S/C12H15N5O/c1-17-8-11(15-16-17)7-14-6-9-3-2-4-10(5-9)12(13)18/h2-5,8,14H,6-7H2,1H3,(H2,13,18). The van der Waals surface area contributed by atoms with E-state index in [1.54, 1.807) is 16.8 Å². The van der Waals surface area contributed by atoms with Gasteiger partial charge in [-0.15, -0.1) is 5.10 Å². The quantitative estimate of drug-likeness (QED) is 0.788. The van der Waals surface area contributed by atoms with Crippen molar-refractivity contribution in [1.29, 1.82) is 0 Å². The van der Waals surface area contributed by atoms with Crippen LogP contribution in [0.2, 0.25) is 0 Å². The molecule has 0 aliphatic heterocycles. The van der Waals surface area contributed by atoms with E-state index >= 15 is 0 Å². The van der Waals surface area contributed by atoms with Gasteiger partial charge in [-0.1, -0.05) is 17.3 Å². The number of amides is 1. The maximum atomic E-state index is 11.0. The van der Waals surface area contributed by atoms with Gasteiger partial charge in [-0.2, -0.15) is 0 Å². The van der Waals surface area contributed by atoms with Crippen molar-refractivity contribution in [1.82, 2.24) is 20.3 Å². The lowest BCUT2D eigenvalue weighted by Crippen LogP contribution is -2.15. The predicted molar refractivity (Wildman–Crippen MR) is 66.5 cm³/mol. The Morgan fingerprint density at radius 2 is 2.28 bits per heavy atom. The van der Waals surface area contributed by atoms with Crippen LogP contribution < -0.4 is 11.1 Å². The summed E-state index contributed by atoms with van der Waals surface area (Å²) in [5, 5.41) is 11.0. The summed E-state index contributed by atoms with van der Waals surface area (Å²) in [6.07, 6.45) is 1.85. The third-order valence-corrected chi connectivity index (χ3v) is 2.50. The lowest BCUT2D eigenvalue weighted by molar-refractivity contribution is 0.1000. The molecule has 6 nitrogen and oxygen atoms in total. The second-order valence-corrected chi connectivity index (χ2v) is 4.05. The molecule has 0 aliphatic rings. The van der Waals surface area contributed by atoms with E-state index in [0.29, 0.717) is 18.7 Å². The van der Waals surface area contributed by atoms with E-state index in [4.69, 9.17) is 5.73 Å². The number of carbonyl (C=O) groups is 1. The number of hydrogen-bond donors (Lipinski definition) is 2. The minimum Gasteiger partial charge on any atom is -0.366 e. The molecule has 0 spiro atoms. The van der Waals surface area contributed by atoms with Gasteiger partial charge in [-0.05, 0) is 17.7 Å². The molecule has 0 aliphatic carbocycles. The molecule has 6 heteroatoms. The minimum absolute atomic E-state index is 0.411. The first kappa shape index (κ1) is 12.3. The van der Waals surface area contributed by atoms with Gasteiger partial charge >= 0.3 is 0 Å². The highest BCUT2D eigenvalue weighted by atomic mass is 16.1. The number of hydrogen-bond acceptors (Lipinski definition) is 4. The average molecular weight is 245 g/mol. The Kier molecular flexibility index (Phi) is 3.69. The Hall–Kier alpha value is -2.21. The van der Waals surface area contributed by atoms with Crippen LogP contribution in [0.3, 0.4) is 0 Å². The van der Waals surface area contributed by atoms with Gasteiger partial charge in [0.1, 0.15) is 0 Å². The van der Waals surface area contributed by atoms with Crippen LogP contribution >= 0.6 is 0 Å². The molecule has 1 heterocycles. The molecule has 2 rings (SSSR count). The second-order valence-electron chi connectivity index (χ2n) is 4.05. The Balaban J connectivity index is 1.90. The Morgan fingerprint density at radius 1 is 1.44 bits per heavy atom. The molecule has 1 amide bonds. The Bertz CT molecular complexity index is 549. The summed E-state index contributed by atoms with van der Waals surface area (Å²) in [7, 11) is 1.83. The molecule has 0 bridgehead atoms. The fourth-order valence-electron chi connectivity index (χ4n) is 1.65. The number of primary amides is 1. The first-order valence-electron chi connectivity index (χ1n) is 5.60. The molecule has 94 valence electrons. The summed E-state index contributed by atoms with van der Waals surface area (Å²) in [6.45, 7) is 1.28. The zero-order valence-corrected chi connectivity index (χ0v) is 10.1. The first-order chi connectivity index (χ1) is 8.65. The van der Waals surface area contributed by atoms with Crippen molar-refractivity contribution < 1.29 is 4.79 Å². The monoisotopic (exact) mass is 245 g/mol. The summed E-state index contributed by atoms with van der Waals surface area (Å²) >= 11 is 0. The number of aryl methyl sites for hydroxylation is 1. The molecule has 1 aromatic heterocycles. The largest absolute Gasteiger partial charge is 0.366 e. The highest BCUT2D eigenvalue weighted by molar-refractivity contribution is 5.92. The summed E-state index contributed by atoms with van der Waals surface area (Å²) < 4.78 is 1.66. The molecule has 0 unspecified atom stereocenters. The summed E-state index contributed by atoms with van der Waals surface area (Å²) in [4.78, 5) is 11.0. The van der Waals surface area contributed by atoms with Crippen LogP contribution in [0.5, 0.6) is 0 Å². The highest BCUT2D eigenvalue weighted by Gasteiger charge is 2.02. The maximum Gasteiger partial charge on any atom is 0.248 e. The Morgan fingerprint density at radius 3 is 2.94 bits per heavy atom. The lowest BCUT2D eigenvalue weighted by Gasteiger charge is -2.04. The molecule has 18 heavy (non-hydrogen) atoms. The van der Waals surface area contributed by atoms with Crippen molar-refractivity contribution in [2.75, 3.05) is 0 Å². The van der Waals surface area contributed by atoms with Crippen LogP contribution in [0.15, 0.2) is 30.5 Å². The van der Waals surface area contributed by atoms with E-state index in [-0.39, 0.29) is 0 Å². The molecule has 2 aromatic rings. The summed E-state index contributed by atoms with van der Waals surface area (Å²) in [5.41, 5.74) is 7.63. The smallest absolute Gasteiger partial charge is 0.248 e. The van der Waals surface area contributed by atoms with Crippen LogP contribution in [0.4, 0.5) is 0 Å². The van der Waals surface area contributed by atoms with E-state index in [2.05, 4.69) is 15.6 Å². The van der Waals surface area contributed by atoms with Crippen molar-refractivity contribution in [2.24, 2.45) is 12.8 Å². The van der Waals surface area contributed by atoms with Crippen LogP contribution in [-0.2, 0) is 20.1 Å². The number of benzene rings is 1. The van der Waals surface area contributed by atoms with Gasteiger partial charge in [0.05, 0.1) is 5.69 Å². The number of nitrogens with one attached hydrogen (secondary N) is 1. The molecule has 0 saturated carbocycles. The van der Waals surface area contributed by atoms with Crippen molar-refractivity contribution >= 4 is 5.91 Å². The van der Waals surface area contributed by atoms with Crippen LogP contribution in [0, 0.1) is 0 Å². The first-order valence-corrected chi connectivity index (χ1v) is 5.60. The zero-order chi connectivity index (χ0) is 13.0. The number of aromatic nitrogens is 3. The molecule has 0 fully saturated rings. The van der Waals surface area contributed by atoms with Crippen molar-refractivity contribution in [3.05, 3.63) is 47.3 Å².